The Bertz CT molecular complexity index is 1040. The first-order valence-corrected chi connectivity index (χ1v) is 11.8. The van der Waals surface area contributed by atoms with Crippen LogP contribution in [0.25, 0.3) is 0 Å². The van der Waals surface area contributed by atoms with Gasteiger partial charge in [0.1, 0.15) is 0 Å². The molecule has 1 aliphatic rings. The molecule has 0 bridgehead atoms. The Morgan fingerprint density at radius 2 is 1.80 bits per heavy atom. The van der Waals surface area contributed by atoms with E-state index in [1.807, 2.05) is 24.3 Å². The van der Waals surface area contributed by atoms with Gasteiger partial charge in [-0.05, 0) is 42.7 Å². The molecule has 0 aromatic heterocycles. The molecule has 0 saturated carbocycles. The maximum atomic E-state index is 12.7. The number of rotatable bonds is 7. The maximum Gasteiger partial charge on any atom is 0.338 e. The van der Waals surface area contributed by atoms with Crippen LogP contribution in [0.15, 0.2) is 57.9 Å². The minimum absolute atomic E-state index is 0.0521. The normalized spacial score (nSPS) is 14.5. The summed E-state index contributed by atoms with van der Waals surface area (Å²) in [6, 6.07) is 13.3. The van der Waals surface area contributed by atoms with Crippen molar-refractivity contribution in [3.63, 3.8) is 0 Å². The van der Waals surface area contributed by atoms with Crippen molar-refractivity contribution in [1.29, 1.82) is 0 Å². The Morgan fingerprint density at radius 1 is 1.10 bits per heavy atom. The highest BCUT2D eigenvalue weighted by molar-refractivity contribution is 9.10. The Hall–Kier alpha value is -2.23. The number of hydrogen-bond acceptors (Lipinski definition) is 5. The fraction of sp³-hybridized carbons (Fsp3) is 0.333. The van der Waals surface area contributed by atoms with Crippen LogP contribution in [0, 0.1) is 0 Å². The van der Waals surface area contributed by atoms with Gasteiger partial charge in [-0.15, -0.1) is 0 Å². The first-order valence-electron chi connectivity index (χ1n) is 9.54. The van der Waals surface area contributed by atoms with E-state index in [1.165, 1.54) is 33.5 Å². The lowest BCUT2D eigenvalue weighted by Gasteiger charge is -2.18. The van der Waals surface area contributed by atoms with Crippen LogP contribution in [0.3, 0.4) is 0 Å². The summed E-state index contributed by atoms with van der Waals surface area (Å²) < 4.78 is 32.8. The van der Waals surface area contributed by atoms with Crippen LogP contribution in [0.5, 0.6) is 0 Å². The van der Waals surface area contributed by atoms with Gasteiger partial charge in [0.2, 0.25) is 10.0 Å². The van der Waals surface area contributed by atoms with Crippen molar-refractivity contribution in [3.8, 4) is 0 Å². The molecule has 0 aliphatic carbocycles. The fourth-order valence-electron chi connectivity index (χ4n) is 3.15. The molecule has 0 atom stereocenters. The third-order valence-corrected chi connectivity index (χ3v) is 7.56. The van der Waals surface area contributed by atoms with E-state index >= 15 is 0 Å². The lowest BCUT2D eigenvalue weighted by atomic mass is 10.2. The number of amides is 1. The smallest absolute Gasteiger partial charge is 0.338 e. The van der Waals surface area contributed by atoms with Crippen molar-refractivity contribution in [1.82, 2.24) is 9.21 Å². The lowest BCUT2D eigenvalue weighted by Crippen LogP contribution is -2.31. The second-order valence-corrected chi connectivity index (χ2v) is 9.85. The van der Waals surface area contributed by atoms with E-state index in [9.17, 15) is 18.0 Å². The predicted molar refractivity (Wildman–Crippen MR) is 115 cm³/mol. The summed E-state index contributed by atoms with van der Waals surface area (Å²) in [7, 11) is -2.01. The standard InChI is InChI=1S/C21H23BrN2O5S/c1-23(14-17-7-2-3-10-19(17)22)20(25)15-29-21(26)16-8-6-9-18(13-16)30(27,28)24-11-4-5-12-24/h2-3,6-10,13H,4-5,11-12,14-15H2,1H3. The van der Waals surface area contributed by atoms with Crippen LogP contribution in [0.2, 0.25) is 0 Å². The second kappa shape index (κ2) is 9.72. The number of hydrogen-bond donors (Lipinski definition) is 0. The summed E-state index contributed by atoms with van der Waals surface area (Å²) in [6.45, 7) is 0.898. The Kier molecular flexibility index (Phi) is 7.27. The molecule has 0 N–H and O–H groups in total. The van der Waals surface area contributed by atoms with Crippen LogP contribution in [0.4, 0.5) is 0 Å². The number of sulfonamides is 1. The zero-order valence-corrected chi connectivity index (χ0v) is 19.0. The van der Waals surface area contributed by atoms with Crippen LogP contribution in [-0.4, -0.2) is 56.2 Å². The third-order valence-electron chi connectivity index (χ3n) is 4.89. The van der Waals surface area contributed by atoms with Gasteiger partial charge in [-0.1, -0.05) is 40.2 Å². The van der Waals surface area contributed by atoms with Gasteiger partial charge >= 0.3 is 5.97 Å². The molecule has 2 aromatic rings. The van der Waals surface area contributed by atoms with E-state index in [4.69, 9.17) is 4.74 Å². The van der Waals surface area contributed by atoms with Crippen molar-refractivity contribution in [3.05, 3.63) is 64.1 Å². The topological polar surface area (TPSA) is 84.0 Å². The maximum absolute atomic E-state index is 12.7. The molecule has 3 rings (SSSR count). The molecule has 9 heteroatoms. The molecule has 7 nitrogen and oxygen atoms in total. The van der Waals surface area contributed by atoms with Crippen LogP contribution in [0.1, 0.15) is 28.8 Å². The average molecular weight is 495 g/mol. The van der Waals surface area contributed by atoms with Gasteiger partial charge in [-0.2, -0.15) is 4.31 Å². The number of ether oxygens (including phenoxy) is 1. The number of likely N-dealkylation sites (N-methyl/N-ethyl adjacent to an activating group) is 1. The first-order chi connectivity index (χ1) is 14.3. The minimum Gasteiger partial charge on any atom is -0.452 e. The number of halogens is 1. The molecular weight excluding hydrogens is 472 g/mol. The SMILES string of the molecule is CN(Cc1ccccc1Br)C(=O)COC(=O)c1cccc(S(=O)(=O)N2CCCC2)c1. The Morgan fingerprint density at radius 3 is 2.50 bits per heavy atom. The van der Waals surface area contributed by atoms with Crippen molar-refractivity contribution < 1.29 is 22.7 Å². The van der Waals surface area contributed by atoms with Crippen LogP contribution >= 0.6 is 15.9 Å². The summed E-state index contributed by atoms with van der Waals surface area (Å²) in [5.74, 6) is -1.10. The number of carbonyl (C=O) groups excluding carboxylic acids is 2. The zero-order chi connectivity index (χ0) is 21.7. The molecule has 1 heterocycles. The first kappa shape index (κ1) is 22.5. The van der Waals surface area contributed by atoms with E-state index in [0.29, 0.717) is 19.6 Å². The molecule has 0 unspecified atom stereocenters. The number of nitrogens with zero attached hydrogens (tertiary/aromatic N) is 2. The van der Waals surface area contributed by atoms with Gasteiger partial charge in [0, 0.05) is 31.2 Å². The fourth-order valence-corrected chi connectivity index (χ4v) is 5.13. The van der Waals surface area contributed by atoms with Gasteiger partial charge in [0.05, 0.1) is 10.5 Å². The van der Waals surface area contributed by atoms with E-state index in [0.717, 1.165) is 22.9 Å². The number of esters is 1. The molecule has 2 aromatic carbocycles. The second-order valence-electron chi connectivity index (χ2n) is 7.06. The molecule has 1 amide bonds. The third kappa shape index (κ3) is 5.27. The van der Waals surface area contributed by atoms with Crippen molar-refractivity contribution in [2.24, 2.45) is 0 Å². The summed E-state index contributed by atoms with van der Waals surface area (Å²) in [6.07, 6.45) is 1.66. The molecule has 30 heavy (non-hydrogen) atoms. The molecular formula is C21H23BrN2O5S. The lowest BCUT2D eigenvalue weighted by molar-refractivity contribution is -0.133. The zero-order valence-electron chi connectivity index (χ0n) is 16.6. The monoisotopic (exact) mass is 494 g/mol. The molecule has 0 spiro atoms. The molecule has 1 aliphatic heterocycles. The van der Waals surface area contributed by atoms with E-state index in [1.54, 1.807) is 7.05 Å². The van der Waals surface area contributed by atoms with Gasteiger partial charge in [-0.25, -0.2) is 13.2 Å². The van der Waals surface area contributed by atoms with Crippen molar-refractivity contribution in [2.45, 2.75) is 24.3 Å². The largest absolute Gasteiger partial charge is 0.452 e. The Labute approximate surface area is 184 Å². The highest BCUT2D eigenvalue weighted by Crippen LogP contribution is 2.22. The quantitative estimate of drug-likeness (QED) is 0.552. The molecule has 0 radical (unpaired) electrons. The highest BCUT2D eigenvalue weighted by Gasteiger charge is 2.27. The van der Waals surface area contributed by atoms with Gasteiger partial charge in [0.15, 0.2) is 6.61 Å². The molecule has 160 valence electrons. The van der Waals surface area contributed by atoms with Gasteiger partial charge in [-0.3, -0.25) is 4.79 Å². The highest BCUT2D eigenvalue weighted by atomic mass is 79.9. The number of carbonyl (C=O) groups is 2. The summed E-state index contributed by atoms with van der Waals surface area (Å²) in [5.41, 5.74) is 1.02. The van der Waals surface area contributed by atoms with Crippen LogP contribution in [-0.2, 0) is 26.1 Å². The summed E-state index contributed by atoms with van der Waals surface area (Å²) in [5, 5.41) is 0. The van der Waals surface area contributed by atoms with Crippen molar-refractivity contribution >= 4 is 37.8 Å². The van der Waals surface area contributed by atoms with Crippen molar-refractivity contribution in [2.75, 3.05) is 26.7 Å². The Balaban J connectivity index is 1.61. The molecule has 1 saturated heterocycles. The van der Waals surface area contributed by atoms with E-state index in [-0.39, 0.29) is 16.4 Å². The van der Waals surface area contributed by atoms with E-state index in [2.05, 4.69) is 15.9 Å². The van der Waals surface area contributed by atoms with Gasteiger partial charge in [0.25, 0.3) is 5.91 Å². The summed E-state index contributed by atoms with van der Waals surface area (Å²) in [4.78, 5) is 26.2. The van der Waals surface area contributed by atoms with E-state index < -0.39 is 22.6 Å². The average Bonchev–Trinajstić information content (AvgIpc) is 3.29. The van der Waals surface area contributed by atoms with Gasteiger partial charge < -0.3 is 9.64 Å². The number of benzene rings is 2. The minimum atomic E-state index is -3.63. The summed E-state index contributed by atoms with van der Waals surface area (Å²) >= 11 is 3.44. The molecule has 1 fully saturated rings. The predicted octanol–water partition coefficient (Wildman–Crippen LogP) is 3.05. The van der Waals surface area contributed by atoms with Crippen LogP contribution < -0.4 is 0 Å².